The number of thiophene rings is 2. The van der Waals surface area contributed by atoms with Gasteiger partial charge in [-0.15, -0.1) is 22.7 Å². The van der Waals surface area contributed by atoms with Gasteiger partial charge >= 0.3 is 0 Å². The maximum absolute atomic E-state index is 6.37. The van der Waals surface area contributed by atoms with Crippen LogP contribution in [0.5, 0.6) is 0 Å². The number of hydrogen-bond acceptors (Lipinski definition) is 3. The average Bonchev–Trinajstić information content (AvgIpc) is 2.83. The Morgan fingerprint density at radius 3 is 2.62 bits per heavy atom. The van der Waals surface area contributed by atoms with Crippen molar-refractivity contribution in [1.82, 2.24) is 0 Å². The van der Waals surface area contributed by atoms with Crippen LogP contribution in [-0.4, -0.2) is 0 Å². The Kier molecular flexibility index (Phi) is 3.47. The van der Waals surface area contributed by atoms with E-state index in [4.69, 9.17) is 5.73 Å². The summed E-state index contributed by atoms with van der Waals surface area (Å²) in [5, 5.41) is 2.14. The molecule has 0 radical (unpaired) electrons. The average molecular weight is 251 g/mol. The lowest BCUT2D eigenvalue weighted by Crippen LogP contribution is -2.11. The van der Waals surface area contributed by atoms with E-state index in [9.17, 15) is 0 Å². The minimum absolute atomic E-state index is 0.0636. The fraction of sp³-hybridized carbons (Fsp3) is 0.385. The van der Waals surface area contributed by atoms with E-state index in [-0.39, 0.29) is 6.04 Å². The summed E-state index contributed by atoms with van der Waals surface area (Å²) in [4.78, 5) is 3.99. The topological polar surface area (TPSA) is 26.0 Å². The zero-order valence-electron chi connectivity index (χ0n) is 9.91. The van der Waals surface area contributed by atoms with Gasteiger partial charge in [0.05, 0.1) is 6.04 Å². The minimum Gasteiger partial charge on any atom is -0.319 e. The molecule has 2 N–H and O–H groups in total. The lowest BCUT2D eigenvalue weighted by Gasteiger charge is -2.11. The molecule has 2 rings (SSSR count). The summed E-state index contributed by atoms with van der Waals surface area (Å²) >= 11 is 3.60. The van der Waals surface area contributed by atoms with Crippen molar-refractivity contribution in [3.05, 3.63) is 43.3 Å². The van der Waals surface area contributed by atoms with Crippen LogP contribution in [0.25, 0.3) is 0 Å². The van der Waals surface area contributed by atoms with Crippen LogP contribution in [0.3, 0.4) is 0 Å². The Balaban J connectivity index is 2.38. The molecule has 2 aromatic rings. The first-order valence-corrected chi connectivity index (χ1v) is 7.21. The summed E-state index contributed by atoms with van der Waals surface area (Å²) in [6, 6.07) is 4.48. The maximum Gasteiger partial charge on any atom is 0.0745 e. The molecule has 16 heavy (non-hydrogen) atoms. The summed E-state index contributed by atoms with van der Waals surface area (Å²) in [5.74, 6) is 0. The lowest BCUT2D eigenvalue weighted by molar-refractivity contribution is 0.887. The van der Waals surface area contributed by atoms with E-state index < -0.39 is 0 Å². The molecule has 1 unspecified atom stereocenters. The van der Waals surface area contributed by atoms with Gasteiger partial charge in [-0.25, -0.2) is 0 Å². The van der Waals surface area contributed by atoms with Crippen molar-refractivity contribution in [2.45, 2.75) is 33.2 Å². The highest BCUT2D eigenvalue weighted by Crippen LogP contribution is 2.34. The van der Waals surface area contributed by atoms with Gasteiger partial charge in [0.15, 0.2) is 0 Å². The Labute approximate surface area is 105 Å². The molecule has 0 fully saturated rings. The molecular weight excluding hydrogens is 234 g/mol. The van der Waals surface area contributed by atoms with Crippen LogP contribution in [0.2, 0.25) is 0 Å². The number of hydrogen-bond donors (Lipinski definition) is 1. The van der Waals surface area contributed by atoms with Crippen molar-refractivity contribution < 1.29 is 0 Å². The Bertz CT molecular complexity index is 482. The third kappa shape index (κ3) is 2.08. The zero-order chi connectivity index (χ0) is 11.7. The van der Waals surface area contributed by atoms with Crippen LogP contribution < -0.4 is 5.73 Å². The zero-order valence-corrected chi connectivity index (χ0v) is 11.5. The standard InChI is InChI=1S/C13H17NS2/c1-4-10-5-6-15-13(10)11(14)12-8(2)7-9(3)16-12/h5-7,11H,4,14H2,1-3H3. The van der Waals surface area contributed by atoms with Gasteiger partial charge < -0.3 is 5.73 Å². The van der Waals surface area contributed by atoms with E-state index >= 15 is 0 Å². The molecule has 2 heterocycles. The third-order valence-corrected chi connectivity index (χ3v) is 5.08. The van der Waals surface area contributed by atoms with Crippen LogP contribution in [-0.2, 0) is 6.42 Å². The number of nitrogens with two attached hydrogens (primary N) is 1. The molecule has 0 aliphatic carbocycles. The first kappa shape index (κ1) is 11.8. The first-order chi connectivity index (χ1) is 7.63. The molecule has 0 bridgehead atoms. The predicted molar refractivity (Wildman–Crippen MR) is 73.5 cm³/mol. The lowest BCUT2D eigenvalue weighted by atomic mass is 10.1. The second-order valence-electron chi connectivity index (χ2n) is 4.05. The molecule has 86 valence electrons. The van der Waals surface area contributed by atoms with Crippen LogP contribution in [0.15, 0.2) is 17.5 Å². The van der Waals surface area contributed by atoms with E-state index in [1.54, 1.807) is 11.3 Å². The molecule has 0 aliphatic rings. The van der Waals surface area contributed by atoms with Crippen LogP contribution in [0.1, 0.15) is 38.7 Å². The fourth-order valence-corrected chi connectivity index (χ4v) is 4.13. The van der Waals surface area contributed by atoms with Crippen LogP contribution in [0, 0.1) is 13.8 Å². The van der Waals surface area contributed by atoms with E-state index in [1.807, 2.05) is 11.3 Å². The van der Waals surface area contributed by atoms with Crippen molar-refractivity contribution in [1.29, 1.82) is 0 Å². The largest absolute Gasteiger partial charge is 0.319 e. The van der Waals surface area contributed by atoms with Gasteiger partial charge in [-0.2, -0.15) is 0 Å². The Morgan fingerprint density at radius 2 is 2.06 bits per heavy atom. The quantitative estimate of drug-likeness (QED) is 0.875. The normalized spacial score (nSPS) is 13.0. The Hall–Kier alpha value is -0.640. The monoisotopic (exact) mass is 251 g/mol. The molecule has 0 amide bonds. The molecule has 2 aromatic heterocycles. The summed E-state index contributed by atoms with van der Waals surface area (Å²) in [5.41, 5.74) is 9.09. The van der Waals surface area contributed by atoms with Gasteiger partial charge in [0.2, 0.25) is 0 Å². The third-order valence-electron chi connectivity index (χ3n) is 2.81. The van der Waals surface area contributed by atoms with Gasteiger partial charge in [0.25, 0.3) is 0 Å². The van der Waals surface area contributed by atoms with Crippen molar-refractivity contribution in [2.24, 2.45) is 5.73 Å². The van der Waals surface area contributed by atoms with Gasteiger partial charge in [0, 0.05) is 14.6 Å². The molecule has 1 nitrogen and oxygen atoms in total. The van der Waals surface area contributed by atoms with Gasteiger partial charge in [-0.05, 0) is 48.9 Å². The van der Waals surface area contributed by atoms with Gasteiger partial charge in [-0.3, -0.25) is 0 Å². The second kappa shape index (κ2) is 4.70. The molecule has 0 saturated heterocycles. The van der Waals surface area contributed by atoms with Crippen molar-refractivity contribution in [3.63, 3.8) is 0 Å². The fourth-order valence-electron chi connectivity index (χ4n) is 2.00. The van der Waals surface area contributed by atoms with Crippen molar-refractivity contribution >= 4 is 22.7 Å². The molecule has 0 saturated carbocycles. The highest BCUT2D eigenvalue weighted by atomic mass is 32.1. The summed E-state index contributed by atoms with van der Waals surface area (Å²) in [6.45, 7) is 6.48. The predicted octanol–water partition coefficient (Wildman–Crippen LogP) is 4.04. The molecule has 1 atom stereocenters. The second-order valence-corrected chi connectivity index (χ2v) is 6.28. The highest BCUT2D eigenvalue weighted by molar-refractivity contribution is 7.13. The van der Waals surface area contributed by atoms with Crippen molar-refractivity contribution in [2.75, 3.05) is 0 Å². The summed E-state index contributed by atoms with van der Waals surface area (Å²) < 4.78 is 0. The van der Waals surface area contributed by atoms with E-state index in [0.717, 1.165) is 6.42 Å². The van der Waals surface area contributed by atoms with Crippen molar-refractivity contribution in [3.8, 4) is 0 Å². The van der Waals surface area contributed by atoms with Crippen LogP contribution >= 0.6 is 22.7 Å². The molecule has 0 aliphatic heterocycles. The number of aryl methyl sites for hydroxylation is 3. The molecular formula is C13H17NS2. The molecule has 0 aromatic carbocycles. The minimum atomic E-state index is 0.0636. The van der Waals surface area contributed by atoms with E-state index in [2.05, 4.69) is 38.3 Å². The Morgan fingerprint density at radius 1 is 1.31 bits per heavy atom. The highest BCUT2D eigenvalue weighted by Gasteiger charge is 2.17. The SMILES string of the molecule is CCc1ccsc1C(N)c1sc(C)cc1C. The first-order valence-electron chi connectivity index (χ1n) is 5.52. The molecule has 3 heteroatoms. The smallest absolute Gasteiger partial charge is 0.0745 e. The summed E-state index contributed by atoms with van der Waals surface area (Å²) in [7, 11) is 0. The van der Waals surface area contributed by atoms with E-state index in [0.29, 0.717) is 0 Å². The summed E-state index contributed by atoms with van der Waals surface area (Å²) in [6.07, 6.45) is 1.07. The number of rotatable bonds is 3. The van der Waals surface area contributed by atoms with Crippen LogP contribution in [0.4, 0.5) is 0 Å². The maximum atomic E-state index is 6.37. The van der Waals surface area contributed by atoms with Gasteiger partial charge in [-0.1, -0.05) is 6.92 Å². The molecule has 0 spiro atoms. The van der Waals surface area contributed by atoms with Gasteiger partial charge in [0.1, 0.15) is 0 Å². The van der Waals surface area contributed by atoms with E-state index in [1.165, 1.54) is 25.8 Å².